The van der Waals surface area contributed by atoms with Gasteiger partial charge in [-0.1, -0.05) is 6.92 Å². The van der Waals surface area contributed by atoms with Crippen LogP contribution in [0.5, 0.6) is 0 Å². The Morgan fingerprint density at radius 3 is 1.47 bits per heavy atom. The van der Waals surface area contributed by atoms with Gasteiger partial charge in [-0.15, -0.1) is 0 Å². The van der Waals surface area contributed by atoms with Gasteiger partial charge in [-0.2, -0.15) is 0 Å². The van der Waals surface area contributed by atoms with E-state index in [1.54, 1.807) is 0 Å². The van der Waals surface area contributed by atoms with Gasteiger partial charge in [-0.25, -0.2) is 4.79 Å². The van der Waals surface area contributed by atoms with Gasteiger partial charge in [-0.3, -0.25) is 4.79 Å². The number of amides is 1. The van der Waals surface area contributed by atoms with Crippen LogP contribution in [0.1, 0.15) is 20.3 Å². The summed E-state index contributed by atoms with van der Waals surface area (Å²) < 4.78 is 74.7. The highest BCUT2D eigenvalue weighted by molar-refractivity contribution is 5.76. The van der Waals surface area contributed by atoms with Crippen molar-refractivity contribution in [2.75, 3.05) is 46.2 Å². The van der Waals surface area contributed by atoms with Crippen molar-refractivity contribution in [3.63, 3.8) is 0 Å². The second kappa shape index (κ2) is 30.5. The van der Waals surface area contributed by atoms with Gasteiger partial charge in [-0.05, 0) is 0 Å². The van der Waals surface area contributed by atoms with Crippen LogP contribution in [0.2, 0.25) is 0 Å². The minimum absolute atomic E-state index is 0.778. The first-order valence-electron chi connectivity index (χ1n) is 27.7. The van der Waals surface area contributed by atoms with Crippen molar-refractivity contribution in [2.45, 2.75) is 235 Å². The topological polar surface area (TPSA) is 637 Å². The molecule has 0 aliphatic carbocycles. The van der Waals surface area contributed by atoms with Crippen LogP contribution in [0.3, 0.4) is 0 Å². The van der Waals surface area contributed by atoms with Gasteiger partial charge in [0.15, 0.2) is 37.7 Å². The number of aliphatic carboxylic acids is 1. The summed E-state index contributed by atoms with van der Waals surface area (Å²) >= 11 is 0. The molecule has 87 heavy (non-hydrogen) atoms. The molecule has 0 aromatic carbocycles. The average Bonchev–Trinajstić information content (AvgIpc) is 1.29. The summed E-state index contributed by atoms with van der Waals surface area (Å²) in [5.41, 5.74) is 6.30. The predicted octanol–water partition coefficient (Wildman–Crippen LogP) is -15.7. The summed E-state index contributed by atoms with van der Waals surface area (Å²) in [4.78, 5) is 26.2. The Morgan fingerprint density at radius 1 is 0.517 bits per heavy atom. The fraction of sp³-hybridized carbons (Fsp3) is 0.958. The van der Waals surface area contributed by atoms with E-state index in [2.05, 4.69) is 5.32 Å². The number of ether oxygens (including phenoxy) is 13. The molecule has 39 heteroatoms. The monoisotopic (exact) mass is 1280 g/mol. The zero-order valence-electron chi connectivity index (χ0n) is 46.4. The van der Waals surface area contributed by atoms with Crippen molar-refractivity contribution in [3.8, 4) is 0 Å². The van der Waals surface area contributed by atoms with Crippen LogP contribution >= 0.6 is 0 Å². The molecule has 0 spiro atoms. The standard InChI is InChI=1S/C48H82N2O37/c1-11-13(49)3-48(47(73)74,86-35(11)22(59)14(58)4-51)87-40-25(62)17(7-54)79-46(34(40)71)84-38-20(10-75-43-32(69)29(66)37(19(9-56)80-43)82-44-31(68)27(64)23(60)15(5-52)77-44)81-42(21(26(38)63)50-12(2)57)85-39-24(61)16(6-53)78-45(33(39)70)83-36-18(8-55)76-41(72)30(67)28(36)65/h11,13-46,51-56,58-72H,3-10,49H2,1-2H3,(H,50,57)(H,73,74)/t11-,13-,14-,15?,16?,17+,18?,19?,20?,21?,22-,23+,24+,25+,26-,27+,28-,29-,30?,31?,32?,33?,34?,35?,36-,37-,38-,39+,40?,41-,42+,43-,44+,45+,46+,48+/m1/s1. The summed E-state index contributed by atoms with van der Waals surface area (Å²) in [5.74, 6) is -6.91. The first-order valence-corrected chi connectivity index (χ1v) is 27.7. The molecule has 36 atom stereocenters. The van der Waals surface area contributed by atoms with Crippen LogP contribution in [-0.2, 0) is 71.2 Å². The van der Waals surface area contributed by atoms with Crippen LogP contribution in [0.15, 0.2) is 0 Å². The lowest BCUT2D eigenvalue weighted by atomic mass is 9.83. The van der Waals surface area contributed by atoms with Crippen molar-refractivity contribution in [1.82, 2.24) is 5.32 Å². The van der Waals surface area contributed by atoms with Crippen LogP contribution in [0.25, 0.3) is 0 Å². The normalized spacial score (nSPS) is 49.8. The number of nitrogens with two attached hydrogens (primary N) is 1. The molecule has 7 rings (SSSR count). The molecule has 0 saturated carbocycles. The van der Waals surface area contributed by atoms with Crippen molar-refractivity contribution in [2.24, 2.45) is 11.7 Å². The van der Waals surface area contributed by atoms with Gasteiger partial charge in [0.1, 0.15) is 159 Å². The number of aliphatic hydroxyl groups excluding tert-OH is 21. The second-order valence-electron chi connectivity index (χ2n) is 22.2. The zero-order chi connectivity index (χ0) is 64.4. The molecule has 0 aromatic rings. The number of carbonyl (C=O) groups is 2. The number of carbonyl (C=O) groups excluding carboxylic acids is 1. The fourth-order valence-electron chi connectivity index (χ4n) is 11.2. The molecular formula is C48H82N2O37. The van der Waals surface area contributed by atoms with Gasteiger partial charge in [0.2, 0.25) is 5.91 Å². The molecule has 25 N–H and O–H groups in total. The van der Waals surface area contributed by atoms with Crippen molar-refractivity contribution in [3.05, 3.63) is 0 Å². The smallest absolute Gasteiger partial charge is 0.364 e. The number of aliphatic hydroxyl groups is 21. The minimum Gasteiger partial charge on any atom is -0.477 e. The summed E-state index contributed by atoms with van der Waals surface area (Å²) in [6.45, 7) is -4.98. The molecule has 13 unspecified atom stereocenters. The molecule has 7 aliphatic rings. The molecule has 7 fully saturated rings. The zero-order valence-corrected chi connectivity index (χ0v) is 46.4. The molecule has 7 heterocycles. The van der Waals surface area contributed by atoms with Crippen LogP contribution in [-0.4, -0.2) is 385 Å². The van der Waals surface area contributed by atoms with E-state index in [4.69, 9.17) is 67.3 Å². The molecule has 506 valence electrons. The second-order valence-corrected chi connectivity index (χ2v) is 22.2. The Bertz CT molecular complexity index is 2170. The average molecular weight is 1280 g/mol. The summed E-state index contributed by atoms with van der Waals surface area (Å²) in [7, 11) is 0. The van der Waals surface area contributed by atoms with Gasteiger partial charge in [0.05, 0.1) is 52.4 Å². The maximum atomic E-state index is 13.2. The maximum absolute atomic E-state index is 13.2. The number of nitrogens with one attached hydrogen (secondary N) is 1. The van der Waals surface area contributed by atoms with Crippen LogP contribution in [0, 0.1) is 5.92 Å². The number of hydrogen-bond acceptors (Lipinski definition) is 37. The van der Waals surface area contributed by atoms with E-state index in [9.17, 15) is 122 Å². The van der Waals surface area contributed by atoms with Gasteiger partial charge >= 0.3 is 5.97 Å². The van der Waals surface area contributed by atoms with E-state index < -0.39 is 285 Å². The van der Waals surface area contributed by atoms with Crippen LogP contribution in [0.4, 0.5) is 0 Å². The first kappa shape index (κ1) is 72.0. The van der Waals surface area contributed by atoms with E-state index in [0.717, 1.165) is 6.92 Å². The Balaban J connectivity index is 1.21. The van der Waals surface area contributed by atoms with Gasteiger partial charge < -0.3 is 185 Å². The summed E-state index contributed by atoms with van der Waals surface area (Å²) in [6, 6.07) is -3.25. The Morgan fingerprint density at radius 2 is 0.954 bits per heavy atom. The number of rotatable bonds is 23. The van der Waals surface area contributed by atoms with E-state index in [1.165, 1.54) is 6.92 Å². The van der Waals surface area contributed by atoms with E-state index in [-0.39, 0.29) is 0 Å². The molecule has 0 bridgehead atoms. The predicted molar refractivity (Wildman–Crippen MR) is 266 cm³/mol. The number of carboxylic acid groups (broad SMARTS) is 1. The fourth-order valence-corrected chi connectivity index (χ4v) is 11.2. The third-order valence-electron chi connectivity index (χ3n) is 16.4. The van der Waals surface area contributed by atoms with E-state index >= 15 is 0 Å². The quantitative estimate of drug-likeness (QED) is 0.0452. The Labute approximate surface area is 492 Å². The summed E-state index contributed by atoms with van der Waals surface area (Å²) in [6.07, 6.45) is -65.9. The van der Waals surface area contributed by atoms with Crippen LogP contribution < -0.4 is 11.1 Å². The van der Waals surface area contributed by atoms with Gasteiger partial charge in [0.25, 0.3) is 5.79 Å². The highest BCUT2D eigenvalue weighted by atomic mass is 16.8. The molecule has 0 radical (unpaired) electrons. The third kappa shape index (κ3) is 15.1. The largest absolute Gasteiger partial charge is 0.477 e. The van der Waals surface area contributed by atoms with Crippen molar-refractivity contribution in [1.29, 1.82) is 0 Å². The number of carboxylic acids is 1. The molecular weight excluding hydrogens is 1200 g/mol. The molecule has 7 saturated heterocycles. The lowest BCUT2D eigenvalue weighted by Crippen LogP contribution is -2.71. The Hall–Kier alpha value is -2.46. The minimum atomic E-state index is -3.02. The molecule has 0 aromatic heterocycles. The third-order valence-corrected chi connectivity index (χ3v) is 16.4. The SMILES string of the molecule is CC(=O)NC1[C@H](O[C@@H]2C(O)[C@H](O[C@@H]3C(CO)O[C@@H](O)C(O)[C@H]3O)OC(CO)[C@@H]2O)OC(CO[C@@H]2OC(CO)[C@@H](O[C@@H]3OC(CO)[C@H](O)[C@H](O)C3O)[C@H](O)C2O)[C@@H](O[C@@H]2O[C@@H](CO)[C@H](O)C(O[C@]3(C(=O)O)C[C@@H](N)[C@@H](C)C([C@H](O)[C@H](O)CO)O3)C2O)[C@@H]1O. The van der Waals surface area contributed by atoms with Crippen molar-refractivity contribution < 1.29 is 184 Å². The molecule has 7 aliphatic heterocycles. The lowest BCUT2D eigenvalue weighted by molar-refractivity contribution is -0.392. The lowest BCUT2D eigenvalue weighted by Gasteiger charge is -2.51. The number of hydrogen-bond donors (Lipinski definition) is 24. The van der Waals surface area contributed by atoms with Crippen molar-refractivity contribution >= 4 is 11.9 Å². The maximum Gasteiger partial charge on any atom is 0.364 e. The molecule has 1 amide bonds. The van der Waals surface area contributed by atoms with E-state index in [1.807, 2.05) is 0 Å². The molecule has 39 nitrogen and oxygen atoms in total. The highest BCUT2D eigenvalue weighted by Crippen LogP contribution is 2.41. The summed E-state index contributed by atoms with van der Waals surface area (Å²) in [5, 5.41) is 239. The highest BCUT2D eigenvalue weighted by Gasteiger charge is 2.61. The van der Waals surface area contributed by atoms with Gasteiger partial charge in [0, 0.05) is 25.3 Å². The van der Waals surface area contributed by atoms with E-state index in [0.29, 0.717) is 0 Å². The Kier molecular flexibility index (Phi) is 25.3. The first-order chi connectivity index (χ1) is 41.0.